The van der Waals surface area contributed by atoms with Gasteiger partial charge in [0.2, 0.25) is 10.0 Å². The number of ether oxygens (including phenoxy) is 1. The first kappa shape index (κ1) is 15.9. The van der Waals surface area contributed by atoms with Crippen molar-refractivity contribution in [3.8, 4) is 0 Å². The van der Waals surface area contributed by atoms with Crippen LogP contribution < -0.4 is 5.73 Å². The van der Waals surface area contributed by atoms with Gasteiger partial charge in [0.15, 0.2) is 5.82 Å². The van der Waals surface area contributed by atoms with Crippen molar-refractivity contribution in [1.82, 2.24) is 14.1 Å². The Hall–Kier alpha value is -1.12. The lowest BCUT2D eigenvalue weighted by Crippen LogP contribution is -2.41. The fraction of sp³-hybridized carbons (Fsp3) is 0.727. The zero-order valence-corrected chi connectivity index (χ0v) is 12.9. The Balaban J connectivity index is 3.28. The number of aromatic nitrogens is 2. The molecule has 1 aromatic heterocycles. The summed E-state index contributed by atoms with van der Waals surface area (Å²) in [5.74, 6) is 0.0306. The van der Waals surface area contributed by atoms with Crippen LogP contribution in [0.4, 0.5) is 5.82 Å². The van der Waals surface area contributed by atoms with Gasteiger partial charge < -0.3 is 10.5 Å². The minimum absolute atomic E-state index is 0.0306. The number of anilines is 1. The number of likely N-dealkylation sites (N-methyl/N-ethyl adjacent to an activating group) is 1. The fourth-order valence-electron chi connectivity index (χ4n) is 2.09. The largest absolute Gasteiger partial charge is 0.383 e. The minimum atomic E-state index is -3.67. The Morgan fingerprint density at radius 1 is 1.53 bits per heavy atom. The van der Waals surface area contributed by atoms with Crippen molar-refractivity contribution >= 4 is 15.8 Å². The number of nitrogens with two attached hydrogens (primary N) is 1. The summed E-state index contributed by atoms with van der Waals surface area (Å²) in [6.45, 7) is 5.94. The van der Waals surface area contributed by atoms with E-state index in [4.69, 9.17) is 10.5 Å². The Kier molecular flexibility index (Phi) is 4.94. The van der Waals surface area contributed by atoms with Crippen molar-refractivity contribution in [3.63, 3.8) is 0 Å². The van der Waals surface area contributed by atoms with E-state index in [0.717, 1.165) is 0 Å². The topological polar surface area (TPSA) is 90.4 Å². The zero-order chi connectivity index (χ0) is 14.8. The smallest absolute Gasteiger partial charge is 0.248 e. The maximum atomic E-state index is 12.7. The molecule has 0 aliphatic carbocycles. The van der Waals surface area contributed by atoms with Gasteiger partial charge in [0, 0.05) is 26.7 Å². The van der Waals surface area contributed by atoms with Crippen LogP contribution in [0.5, 0.6) is 0 Å². The first-order valence-electron chi connectivity index (χ1n) is 6.07. The van der Waals surface area contributed by atoms with Gasteiger partial charge in [0.05, 0.1) is 12.3 Å². The summed E-state index contributed by atoms with van der Waals surface area (Å²) in [7, 11) is -0.460. The van der Waals surface area contributed by atoms with Crippen LogP contribution in [0.15, 0.2) is 4.90 Å². The molecule has 2 N–H and O–H groups in total. The average molecular weight is 290 g/mol. The molecule has 1 aromatic rings. The zero-order valence-electron chi connectivity index (χ0n) is 12.0. The molecule has 0 amide bonds. The van der Waals surface area contributed by atoms with E-state index in [-0.39, 0.29) is 16.8 Å². The molecule has 1 rings (SSSR count). The van der Waals surface area contributed by atoms with Crippen molar-refractivity contribution in [2.24, 2.45) is 7.05 Å². The van der Waals surface area contributed by atoms with E-state index in [2.05, 4.69) is 5.10 Å². The van der Waals surface area contributed by atoms with Gasteiger partial charge in [-0.05, 0) is 13.8 Å². The molecule has 0 aromatic carbocycles. The number of nitrogens with zero attached hydrogens (tertiary/aromatic N) is 3. The molecule has 19 heavy (non-hydrogen) atoms. The van der Waals surface area contributed by atoms with Gasteiger partial charge in [-0.15, -0.1) is 0 Å². The van der Waals surface area contributed by atoms with Crippen molar-refractivity contribution in [1.29, 1.82) is 0 Å². The molecule has 110 valence electrons. The third-order valence-corrected chi connectivity index (χ3v) is 5.34. The highest BCUT2D eigenvalue weighted by atomic mass is 32.2. The summed E-state index contributed by atoms with van der Waals surface area (Å²) >= 11 is 0. The van der Waals surface area contributed by atoms with Crippen LogP contribution in [-0.4, -0.2) is 48.8 Å². The summed E-state index contributed by atoms with van der Waals surface area (Å²) in [6, 6.07) is -0.265. The predicted octanol–water partition coefficient (Wildman–Crippen LogP) is 0.356. The molecule has 0 saturated carbocycles. The normalized spacial score (nSPS) is 14.0. The maximum absolute atomic E-state index is 12.7. The summed E-state index contributed by atoms with van der Waals surface area (Å²) < 4.78 is 33.2. The molecule has 0 fully saturated rings. The van der Waals surface area contributed by atoms with E-state index in [1.54, 1.807) is 34.9 Å². The van der Waals surface area contributed by atoms with E-state index in [9.17, 15) is 8.42 Å². The SMILES string of the molecule is CCN(C(C)COC)S(=O)(=O)c1c(N)nn(C)c1C. The van der Waals surface area contributed by atoms with E-state index in [1.807, 2.05) is 0 Å². The van der Waals surface area contributed by atoms with Gasteiger partial charge in [-0.3, -0.25) is 4.68 Å². The summed E-state index contributed by atoms with van der Waals surface area (Å²) in [5.41, 5.74) is 6.25. The molecule has 0 saturated heterocycles. The third-order valence-electron chi connectivity index (χ3n) is 3.08. The van der Waals surface area contributed by atoms with Gasteiger partial charge in [0.25, 0.3) is 0 Å². The average Bonchev–Trinajstić information content (AvgIpc) is 2.54. The highest BCUT2D eigenvalue weighted by Crippen LogP contribution is 2.26. The second-order valence-corrected chi connectivity index (χ2v) is 6.26. The highest BCUT2D eigenvalue weighted by Gasteiger charge is 2.33. The molecule has 1 atom stereocenters. The van der Waals surface area contributed by atoms with Gasteiger partial charge in [-0.25, -0.2) is 8.42 Å². The quantitative estimate of drug-likeness (QED) is 0.816. The van der Waals surface area contributed by atoms with E-state index >= 15 is 0 Å². The molecule has 0 aliphatic rings. The van der Waals surface area contributed by atoms with Crippen LogP contribution in [0.25, 0.3) is 0 Å². The van der Waals surface area contributed by atoms with Crippen molar-refractivity contribution < 1.29 is 13.2 Å². The van der Waals surface area contributed by atoms with Crippen LogP contribution in [0, 0.1) is 6.92 Å². The van der Waals surface area contributed by atoms with Gasteiger partial charge >= 0.3 is 0 Å². The number of methoxy groups -OCH3 is 1. The molecule has 7 nitrogen and oxygen atoms in total. The highest BCUT2D eigenvalue weighted by molar-refractivity contribution is 7.89. The van der Waals surface area contributed by atoms with Gasteiger partial charge in [-0.1, -0.05) is 6.92 Å². The van der Waals surface area contributed by atoms with Crippen LogP contribution >= 0.6 is 0 Å². The Morgan fingerprint density at radius 2 is 2.11 bits per heavy atom. The lowest BCUT2D eigenvalue weighted by atomic mass is 10.4. The first-order valence-corrected chi connectivity index (χ1v) is 7.51. The van der Waals surface area contributed by atoms with Gasteiger partial charge in [-0.2, -0.15) is 9.40 Å². The van der Waals surface area contributed by atoms with Crippen molar-refractivity contribution in [2.45, 2.75) is 31.7 Å². The Labute approximate surface area is 114 Å². The fourth-order valence-corrected chi connectivity index (χ4v) is 4.01. The lowest BCUT2D eigenvalue weighted by molar-refractivity contribution is 0.142. The first-order chi connectivity index (χ1) is 8.77. The van der Waals surface area contributed by atoms with E-state index < -0.39 is 10.0 Å². The molecule has 0 radical (unpaired) electrons. The number of rotatable bonds is 6. The molecule has 0 aliphatic heterocycles. The van der Waals surface area contributed by atoms with Crippen molar-refractivity contribution in [2.75, 3.05) is 26.0 Å². The summed E-state index contributed by atoms with van der Waals surface area (Å²) in [6.07, 6.45) is 0. The van der Waals surface area contributed by atoms with Crippen LogP contribution in [0.1, 0.15) is 19.5 Å². The monoisotopic (exact) mass is 290 g/mol. The van der Waals surface area contributed by atoms with Crippen LogP contribution in [0.3, 0.4) is 0 Å². The van der Waals surface area contributed by atoms with Crippen molar-refractivity contribution in [3.05, 3.63) is 5.69 Å². The third kappa shape index (κ3) is 2.90. The summed E-state index contributed by atoms with van der Waals surface area (Å²) in [4.78, 5) is 0.0832. The molecule has 0 spiro atoms. The number of hydrogen-bond acceptors (Lipinski definition) is 5. The Morgan fingerprint density at radius 3 is 2.47 bits per heavy atom. The standard InChI is InChI=1S/C11H22N4O3S/c1-6-15(8(2)7-18-5)19(16,17)10-9(3)14(4)13-11(10)12/h8H,6-7H2,1-5H3,(H2,12,13). The molecule has 8 heteroatoms. The Bertz CT molecular complexity index is 538. The molecule has 1 unspecified atom stereocenters. The molecule has 0 bridgehead atoms. The molecule has 1 heterocycles. The predicted molar refractivity (Wildman–Crippen MR) is 73.3 cm³/mol. The molecular formula is C11H22N4O3S. The van der Waals surface area contributed by atoms with Gasteiger partial charge in [0.1, 0.15) is 4.90 Å². The second-order valence-electron chi connectivity index (χ2n) is 4.44. The van der Waals surface area contributed by atoms with Crippen LogP contribution in [-0.2, 0) is 21.8 Å². The van der Waals surface area contributed by atoms with E-state index in [0.29, 0.717) is 18.8 Å². The number of hydrogen-bond donors (Lipinski definition) is 1. The minimum Gasteiger partial charge on any atom is -0.383 e. The van der Waals surface area contributed by atoms with E-state index in [1.165, 1.54) is 8.99 Å². The number of sulfonamides is 1. The second kappa shape index (κ2) is 5.89. The maximum Gasteiger partial charge on any atom is 0.248 e. The molecular weight excluding hydrogens is 268 g/mol. The summed E-state index contributed by atoms with van der Waals surface area (Å²) in [5, 5.41) is 3.96. The number of nitrogen functional groups attached to an aromatic ring is 1. The number of aryl methyl sites for hydroxylation is 1. The van der Waals surface area contributed by atoms with Crippen LogP contribution in [0.2, 0.25) is 0 Å². The lowest BCUT2D eigenvalue weighted by Gasteiger charge is -2.26.